The summed E-state index contributed by atoms with van der Waals surface area (Å²) in [7, 11) is 0. The van der Waals surface area contributed by atoms with E-state index in [0.29, 0.717) is 6.42 Å². The van der Waals surface area contributed by atoms with Crippen molar-refractivity contribution in [1.29, 1.82) is 0 Å². The van der Waals surface area contributed by atoms with Crippen LogP contribution in [-0.2, 0) is 33.4 Å². The van der Waals surface area contributed by atoms with Gasteiger partial charge in [0.2, 0.25) is 0 Å². The SMILES string of the molecule is CCCCCCCCCCCC(=O)OCC(COC(=O)CC(C)=O)OC(=O)CCCCCCCCCCC. The number of esters is 3. The number of carbonyl (C=O) groups excluding carboxylic acids is 4. The summed E-state index contributed by atoms with van der Waals surface area (Å²) in [6.45, 7) is 5.33. The van der Waals surface area contributed by atoms with E-state index in [4.69, 9.17) is 14.2 Å². The van der Waals surface area contributed by atoms with Crippen LogP contribution in [0.3, 0.4) is 0 Å². The molecule has 0 aliphatic rings. The van der Waals surface area contributed by atoms with Gasteiger partial charge in [-0.15, -0.1) is 0 Å². The van der Waals surface area contributed by atoms with E-state index in [1.165, 1.54) is 84.0 Å². The average molecular weight is 541 g/mol. The molecule has 0 rings (SSSR count). The number of ketones is 1. The monoisotopic (exact) mass is 540 g/mol. The van der Waals surface area contributed by atoms with Crippen molar-refractivity contribution < 1.29 is 33.4 Å². The van der Waals surface area contributed by atoms with Crippen LogP contribution in [0.5, 0.6) is 0 Å². The van der Waals surface area contributed by atoms with Gasteiger partial charge in [0.1, 0.15) is 25.4 Å². The third-order valence-corrected chi connectivity index (χ3v) is 6.52. The average Bonchev–Trinajstić information content (AvgIpc) is 2.87. The molecule has 7 heteroatoms. The third-order valence-electron chi connectivity index (χ3n) is 6.52. The van der Waals surface area contributed by atoms with Crippen molar-refractivity contribution in [2.45, 2.75) is 162 Å². The van der Waals surface area contributed by atoms with Crippen molar-refractivity contribution in [2.24, 2.45) is 0 Å². The summed E-state index contributed by atoms with van der Waals surface area (Å²) in [5.41, 5.74) is 0. The van der Waals surface area contributed by atoms with Crippen molar-refractivity contribution >= 4 is 23.7 Å². The topological polar surface area (TPSA) is 96.0 Å². The second kappa shape index (κ2) is 26.7. The van der Waals surface area contributed by atoms with E-state index in [2.05, 4.69) is 13.8 Å². The van der Waals surface area contributed by atoms with Gasteiger partial charge < -0.3 is 14.2 Å². The Labute approximate surface area is 232 Å². The first kappa shape index (κ1) is 36.1. The molecule has 0 aromatic rings. The van der Waals surface area contributed by atoms with E-state index < -0.39 is 18.0 Å². The van der Waals surface area contributed by atoms with Crippen molar-refractivity contribution in [3.8, 4) is 0 Å². The van der Waals surface area contributed by atoms with E-state index >= 15 is 0 Å². The van der Waals surface area contributed by atoms with Gasteiger partial charge in [0.15, 0.2) is 6.10 Å². The van der Waals surface area contributed by atoms with Crippen LogP contribution in [0, 0.1) is 0 Å². The Balaban J connectivity index is 4.23. The molecule has 0 saturated carbocycles. The minimum Gasteiger partial charge on any atom is -0.462 e. The van der Waals surface area contributed by atoms with Gasteiger partial charge in [-0.1, -0.05) is 117 Å². The number of rotatable bonds is 27. The first-order valence-corrected chi connectivity index (χ1v) is 15.4. The van der Waals surface area contributed by atoms with Crippen LogP contribution in [0.25, 0.3) is 0 Å². The molecule has 0 aliphatic heterocycles. The normalized spacial score (nSPS) is 11.7. The fourth-order valence-corrected chi connectivity index (χ4v) is 4.22. The zero-order valence-corrected chi connectivity index (χ0v) is 24.7. The summed E-state index contributed by atoms with van der Waals surface area (Å²) in [4.78, 5) is 47.4. The van der Waals surface area contributed by atoms with Crippen molar-refractivity contribution in [1.82, 2.24) is 0 Å². The second-order valence-corrected chi connectivity index (χ2v) is 10.5. The summed E-state index contributed by atoms with van der Waals surface area (Å²) in [5.74, 6) is -1.72. The Hall–Kier alpha value is -1.92. The van der Waals surface area contributed by atoms with E-state index in [9.17, 15) is 19.2 Å². The summed E-state index contributed by atoms with van der Waals surface area (Å²) in [6.07, 6.45) is 20.2. The molecule has 0 aromatic heterocycles. The van der Waals surface area contributed by atoms with Gasteiger partial charge in [0.25, 0.3) is 0 Å². The van der Waals surface area contributed by atoms with Crippen LogP contribution in [-0.4, -0.2) is 43.0 Å². The summed E-state index contributed by atoms with van der Waals surface area (Å²) in [6, 6.07) is 0. The fourth-order valence-electron chi connectivity index (χ4n) is 4.22. The molecular formula is C31H56O7. The predicted octanol–water partition coefficient (Wildman–Crippen LogP) is 7.81. The highest BCUT2D eigenvalue weighted by Crippen LogP contribution is 2.13. The number of ether oxygens (including phenoxy) is 3. The molecule has 0 aliphatic carbocycles. The zero-order chi connectivity index (χ0) is 28.3. The van der Waals surface area contributed by atoms with Gasteiger partial charge in [-0.3, -0.25) is 19.2 Å². The smallest absolute Gasteiger partial charge is 0.313 e. The van der Waals surface area contributed by atoms with E-state index in [-0.39, 0.29) is 37.8 Å². The molecule has 0 saturated heterocycles. The molecule has 0 aromatic carbocycles. The third kappa shape index (κ3) is 25.7. The lowest BCUT2D eigenvalue weighted by Gasteiger charge is -2.18. The van der Waals surface area contributed by atoms with Crippen LogP contribution in [0.15, 0.2) is 0 Å². The maximum absolute atomic E-state index is 12.3. The van der Waals surface area contributed by atoms with Gasteiger partial charge in [-0.25, -0.2) is 0 Å². The van der Waals surface area contributed by atoms with E-state index in [1.54, 1.807) is 0 Å². The van der Waals surface area contributed by atoms with Crippen LogP contribution < -0.4 is 0 Å². The second-order valence-electron chi connectivity index (χ2n) is 10.5. The molecule has 0 heterocycles. The first-order chi connectivity index (χ1) is 18.4. The molecule has 0 fully saturated rings. The highest BCUT2D eigenvalue weighted by atomic mass is 16.6. The largest absolute Gasteiger partial charge is 0.462 e. The van der Waals surface area contributed by atoms with Crippen LogP contribution in [0.2, 0.25) is 0 Å². The van der Waals surface area contributed by atoms with E-state index in [0.717, 1.165) is 38.5 Å². The molecule has 0 amide bonds. The van der Waals surface area contributed by atoms with Gasteiger partial charge in [0, 0.05) is 12.8 Å². The van der Waals surface area contributed by atoms with Gasteiger partial charge in [-0.05, 0) is 19.8 Å². The van der Waals surface area contributed by atoms with Gasteiger partial charge in [0.05, 0.1) is 0 Å². The highest BCUT2D eigenvalue weighted by Gasteiger charge is 2.20. The Kier molecular flexibility index (Phi) is 25.3. The van der Waals surface area contributed by atoms with Crippen LogP contribution in [0.1, 0.15) is 156 Å². The highest BCUT2D eigenvalue weighted by molar-refractivity contribution is 5.94. The van der Waals surface area contributed by atoms with Crippen molar-refractivity contribution in [3.05, 3.63) is 0 Å². The molecular weight excluding hydrogens is 484 g/mol. The quantitative estimate of drug-likeness (QED) is 0.0454. The molecule has 0 N–H and O–H groups in total. The molecule has 0 radical (unpaired) electrons. The molecule has 7 nitrogen and oxygen atoms in total. The summed E-state index contributed by atoms with van der Waals surface area (Å²) < 4.78 is 15.8. The Morgan fingerprint density at radius 1 is 0.500 bits per heavy atom. The number of Topliss-reactive ketones (excluding diaryl/α,β-unsaturated/α-hetero) is 1. The minimum absolute atomic E-state index is 0.160. The van der Waals surface area contributed by atoms with Gasteiger partial charge in [-0.2, -0.15) is 0 Å². The fraction of sp³-hybridized carbons (Fsp3) is 0.871. The predicted molar refractivity (Wildman–Crippen MR) is 151 cm³/mol. The van der Waals surface area contributed by atoms with Crippen molar-refractivity contribution in [2.75, 3.05) is 13.2 Å². The molecule has 222 valence electrons. The molecule has 1 unspecified atom stereocenters. The minimum atomic E-state index is -0.871. The molecule has 0 spiro atoms. The summed E-state index contributed by atoms with van der Waals surface area (Å²) in [5, 5.41) is 0. The number of unbranched alkanes of at least 4 members (excludes halogenated alkanes) is 16. The van der Waals surface area contributed by atoms with Gasteiger partial charge >= 0.3 is 17.9 Å². The van der Waals surface area contributed by atoms with Crippen molar-refractivity contribution in [3.63, 3.8) is 0 Å². The van der Waals surface area contributed by atoms with Crippen LogP contribution in [0.4, 0.5) is 0 Å². The maximum atomic E-state index is 12.3. The Bertz CT molecular complexity index is 617. The lowest BCUT2D eigenvalue weighted by Crippen LogP contribution is -2.31. The number of hydrogen-bond acceptors (Lipinski definition) is 7. The lowest BCUT2D eigenvalue weighted by molar-refractivity contribution is -0.167. The molecule has 1 atom stereocenters. The number of carbonyl (C=O) groups is 4. The Morgan fingerprint density at radius 3 is 1.29 bits per heavy atom. The molecule has 38 heavy (non-hydrogen) atoms. The number of hydrogen-bond donors (Lipinski definition) is 0. The lowest BCUT2D eigenvalue weighted by atomic mass is 10.1. The molecule has 0 bridgehead atoms. The van der Waals surface area contributed by atoms with Crippen LogP contribution >= 0.6 is 0 Å². The van der Waals surface area contributed by atoms with E-state index in [1.807, 2.05) is 0 Å². The standard InChI is InChI=1S/C31H56O7/c1-4-6-8-10-12-14-16-18-20-22-29(33)36-25-28(26-37-31(35)24-27(3)32)38-30(34)23-21-19-17-15-13-11-9-7-5-2/h28H,4-26H2,1-3H3. The Morgan fingerprint density at radius 2 is 0.868 bits per heavy atom. The summed E-state index contributed by atoms with van der Waals surface area (Å²) >= 11 is 0. The zero-order valence-electron chi connectivity index (χ0n) is 24.7. The maximum Gasteiger partial charge on any atom is 0.313 e. The first-order valence-electron chi connectivity index (χ1n) is 15.4.